The first-order valence-electron chi connectivity index (χ1n) is 5.91. The Labute approximate surface area is 100 Å². The zero-order chi connectivity index (χ0) is 12.7. The first kappa shape index (κ1) is 13.9. The van der Waals surface area contributed by atoms with Gasteiger partial charge in [0.05, 0.1) is 13.2 Å². The van der Waals surface area contributed by atoms with Crippen molar-refractivity contribution in [3.8, 4) is 5.75 Å². The number of aliphatic hydroxyl groups is 1. The van der Waals surface area contributed by atoms with Crippen LogP contribution in [0.3, 0.4) is 0 Å². The van der Waals surface area contributed by atoms with Crippen molar-refractivity contribution in [1.82, 2.24) is 0 Å². The highest BCUT2D eigenvalue weighted by atomic mass is 19.2. The van der Waals surface area contributed by atoms with Crippen LogP contribution in [0.25, 0.3) is 0 Å². The summed E-state index contributed by atoms with van der Waals surface area (Å²) in [5.74, 6) is -2.14. The van der Waals surface area contributed by atoms with Gasteiger partial charge in [0.15, 0.2) is 11.6 Å². The number of ether oxygens (including phenoxy) is 1. The number of hydrogen-bond donors (Lipinski definition) is 1. The molecule has 0 unspecified atom stereocenters. The quantitative estimate of drug-likeness (QED) is 0.745. The fourth-order valence-electron chi connectivity index (χ4n) is 1.52. The van der Waals surface area contributed by atoms with Crippen LogP contribution < -0.4 is 4.74 Å². The van der Waals surface area contributed by atoms with Gasteiger partial charge < -0.3 is 9.84 Å². The molecule has 1 aromatic carbocycles. The molecular weight excluding hydrogens is 226 g/mol. The van der Waals surface area contributed by atoms with E-state index in [2.05, 4.69) is 6.92 Å². The fourth-order valence-corrected chi connectivity index (χ4v) is 1.52. The minimum atomic E-state index is -1.03. The molecule has 0 radical (unpaired) electrons. The van der Waals surface area contributed by atoms with E-state index >= 15 is 0 Å². The van der Waals surface area contributed by atoms with E-state index in [0.29, 0.717) is 6.61 Å². The monoisotopic (exact) mass is 244 g/mol. The molecule has 0 heterocycles. The maximum atomic E-state index is 13.4. The second-order valence-electron chi connectivity index (χ2n) is 3.92. The van der Waals surface area contributed by atoms with Crippen molar-refractivity contribution in [2.24, 2.45) is 0 Å². The van der Waals surface area contributed by atoms with Crippen LogP contribution in [0.4, 0.5) is 8.78 Å². The van der Waals surface area contributed by atoms with Crippen molar-refractivity contribution in [3.63, 3.8) is 0 Å². The molecule has 0 aliphatic heterocycles. The molecule has 0 aliphatic rings. The Morgan fingerprint density at radius 1 is 1.12 bits per heavy atom. The van der Waals surface area contributed by atoms with Crippen LogP contribution in [0.2, 0.25) is 0 Å². The van der Waals surface area contributed by atoms with Crippen LogP contribution in [0.5, 0.6) is 5.75 Å². The van der Waals surface area contributed by atoms with E-state index in [4.69, 9.17) is 9.84 Å². The van der Waals surface area contributed by atoms with E-state index in [-0.39, 0.29) is 11.3 Å². The van der Waals surface area contributed by atoms with E-state index in [9.17, 15) is 8.78 Å². The Bertz CT molecular complexity index is 354. The Balaban J connectivity index is 2.51. The van der Waals surface area contributed by atoms with Crippen LogP contribution in [0, 0.1) is 11.6 Å². The summed E-state index contributed by atoms with van der Waals surface area (Å²) in [4.78, 5) is 0. The van der Waals surface area contributed by atoms with E-state index in [1.807, 2.05) is 0 Å². The molecule has 0 aliphatic carbocycles. The topological polar surface area (TPSA) is 29.5 Å². The molecule has 1 aromatic rings. The Hall–Kier alpha value is -1.16. The van der Waals surface area contributed by atoms with Gasteiger partial charge >= 0.3 is 0 Å². The normalized spacial score (nSPS) is 10.6. The molecule has 0 spiro atoms. The number of rotatable bonds is 7. The van der Waals surface area contributed by atoms with E-state index < -0.39 is 18.2 Å². The predicted molar refractivity (Wildman–Crippen MR) is 61.9 cm³/mol. The largest absolute Gasteiger partial charge is 0.490 e. The van der Waals surface area contributed by atoms with Crippen molar-refractivity contribution >= 4 is 0 Å². The fraction of sp³-hybridized carbons (Fsp3) is 0.538. The second kappa shape index (κ2) is 7.22. The number of halogens is 2. The van der Waals surface area contributed by atoms with Gasteiger partial charge in [-0.15, -0.1) is 0 Å². The lowest BCUT2D eigenvalue weighted by Crippen LogP contribution is -2.02. The molecule has 0 saturated heterocycles. The lowest BCUT2D eigenvalue weighted by molar-refractivity contribution is 0.265. The lowest BCUT2D eigenvalue weighted by Gasteiger charge is -2.09. The minimum absolute atomic E-state index is 0.0548. The maximum absolute atomic E-state index is 13.4. The molecule has 17 heavy (non-hydrogen) atoms. The van der Waals surface area contributed by atoms with Crippen LogP contribution in [-0.2, 0) is 6.61 Å². The molecular formula is C13H18F2O2. The van der Waals surface area contributed by atoms with Crippen molar-refractivity contribution in [3.05, 3.63) is 29.3 Å². The standard InChI is InChI=1S/C13H18F2O2/c1-2-3-4-5-8-17-11-7-6-10(9-16)12(14)13(11)15/h6-7,16H,2-5,8-9H2,1H3. The van der Waals surface area contributed by atoms with Crippen molar-refractivity contribution in [1.29, 1.82) is 0 Å². The van der Waals surface area contributed by atoms with Crippen LogP contribution in [0.15, 0.2) is 12.1 Å². The summed E-state index contributed by atoms with van der Waals surface area (Å²) in [7, 11) is 0. The van der Waals surface area contributed by atoms with Crippen LogP contribution in [-0.4, -0.2) is 11.7 Å². The molecule has 0 fully saturated rings. The Morgan fingerprint density at radius 2 is 1.88 bits per heavy atom. The van der Waals surface area contributed by atoms with Gasteiger partial charge in [-0.05, 0) is 18.6 Å². The SMILES string of the molecule is CCCCCCOc1ccc(CO)c(F)c1F. The number of benzene rings is 1. The zero-order valence-electron chi connectivity index (χ0n) is 10.0. The average Bonchev–Trinajstić information content (AvgIpc) is 2.34. The summed E-state index contributed by atoms with van der Waals surface area (Å²) in [6, 6.07) is 2.68. The Kier molecular flexibility index (Phi) is 5.91. The summed E-state index contributed by atoms with van der Waals surface area (Å²) in [6.07, 6.45) is 4.09. The minimum Gasteiger partial charge on any atom is -0.490 e. The third kappa shape index (κ3) is 3.97. The van der Waals surface area contributed by atoms with E-state index in [0.717, 1.165) is 25.7 Å². The van der Waals surface area contributed by atoms with Gasteiger partial charge in [-0.3, -0.25) is 0 Å². The van der Waals surface area contributed by atoms with Gasteiger partial charge in [0.2, 0.25) is 5.82 Å². The third-order valence-corrected chi connectivity index (χ3v) is 2.55. The van der Waals surface area contributed by atoms with Gasteiger partial charge in [0, 0.05) is 5.56 Å². The molecule has 0 saturated carbocycles. The molecule has 1 N–H and O–H groups in total. The molecule has 4 heteroatoms. The molecule has 1 rings (SSSR count). The van der Waals surface area contributed by atoms with E-state index in [1.54, 1.807) is 0 Å². The summed E-state index contributed by atoms with van der Waals surface area (Å²) >= 11 is 0. The van der Waals surface area contributed by atoms with Crippen LogP contribution in [0.1, 0.15) is 38.2 Å². The first-order valence-corrected chi connectivity index (χ1v) is 5.91. The summed E-state index contributed by atoms with van der Waals surface area (Å²) in [5, 5.41) is 8.76. The van der Waals surface area contributed by atoms with Gasteiger partial charge in [0.1, 0.15) is 0 Å². The van der Waals surface area contributed by atoms with Crippen molar-refractivity contribution in [2.75, 3.05) is 6.61 Å². The van der Waals surface area contributed by atoms with Crippen LogP contribution >= 0.6 is 0 Å². The predicted octanol–water partition coefficient (Wildman–Crippen LogP) is 3.42. The van der Waals surface area contributed by atoms with Gasteiger partial charge in [-0.1, -0.05) is 26.2 Å². The number of unbranched alkanes of at least 4 members (excludes halogenated alkanes) is 3. The van der Waals surface area contributed by atoms with Gasteiger partial charge in [-0.2, -0.15) is 4.39 Å². The molecule has 2 nitrogen and oxygen atoms in total. The molecule has 0 bridgehead atoms. The average molecular weight is 244 g/mol. The summed E-state index contributed by atoms with van der Waals surface area (Å²) in [6.45, 7) is 1.97. The van der Waals surface area contributed by atoms with E-state index in [1.165, 1.54) is 12.1 Å². The van der Waals surface area contributed by atoms with Gasteiger partial charge in [0.25, 0.3) is 0 Å². The summed E-state index contributed by atoms with van der Waals surface area (Å²) in [5.41, 5.74) is -0.0548. The summed E-state index contributed by atoms with van der Waals surface area (Å²) < 4.78 is 31.9. The molecule has 0 amide bonds. The number of hydrogen-bond acceptors (Lipinski definition) is 2. The van der Waals surface area contributed by atoms with Crippen molar-refractivity contribution in [2.45, 2.75) is 39.2 Å². The highest BCUT2D eigenvalue weighted by molar-refractivity contribution is 5.30. The smallest absolute Gasteiger partial charge is 0.200 e. The molecule has 0 atom stereocenters. The highest BCUT2D eigenvalue weighted by Gasteiger charge is 2.13. The maximum Gasteiger partial charge on any atom is 0.200 e. The zero-order valence-corrected chi connectivity index (χ0v) is 10.0. The lowest BCUT2D eigenvalue weighted by atomic mass is 10.2. The third-order valence-electron chi connectivity index (χ3n) is 2.55. The molecule has 96 valence electrons. The second-order valence-corrected chi connectivity index (χ2v) is 3.92. The number of aliphatic hydroxyl groups excluding tert-OH is 1. The highest BCUT2D eigenvalue weighted by Crippen LogP contribution is 2.23. The van der Waals surface area contributed by atoms with Gasteiger partial charge in [-0.25, -0.2) is 4.39 Å². The Morgan fingerprint density at radius 3 is 2.53 bits per heavy atom. The first-order chi connectivity index (χ1) is 8.20. The van der Waals surface area contributed by atoms with Crippen molar-refractivity contribution < 1.29 is 18.6 Å². The molecule has 0 aromatic heterocycles.